The first-order valence-electron chi connectivity index (χ1n) is 6.38. The molecule has 0 bridgehead atoms. The summed E-state index contributed by atoms with van der Waals surface area (Å²) in [5.74, 6) is 0.0860. The molecule has 110 valence electrons. The summed E-state index contributed by atoms with van der Waals surface area (Å²) in [6, 6.07) is 9.91. The number of halogens is 1. The van der Waals surface area contributed by atoms with Crippen LogP contribution in [-0.2, 0) is 6.61 Å². The number of ether oxygens (including phenoxy) is 1. The number of nitrogens with zero attached hydrogens (tertiary/aromatic N) is 1. The summed E-state index contributed by atoms with van der Waals surface area (Å²) in [6.07, 6.45) is 0. The fourth-order valence-electron chi connectivity index (χ4n) is 1.93. The summed E-state index contributed by atoms with van der Waals surface area (Å²) in [5.41, 5.74) is 7.00. The van der Waals surface area contributed by atoms with Gasteiger partial charge in [0.15, 0.2) is 0 Å². The van der Waals surface area contributed by atoms with Gasteiger partial charge < -0.3 is 10.5 Å². The molecule has 0 heterocycles. The van der Waals surface area contributed by atoms with E-state index in [1.807, 2.05) is 0 Å². The summed E-state index contributed by atoms with van der Waals surface area (Å²) in [6.45, 7) is 1.88. The lowest BCUT2D eigenvalue weighted by atomic mass is 10.1. The Hall–Kier alpha value is -2.47. The molecule has 2 N–H and O–H groups in total. The Kier molecular flexibility index (Phi) is 4.49. The number of nitro benzene ring substituents is 1. The third-order valence-corrected chi connectivity index (χ3v) is 2.98. The fraction of sp³-hybridized carbons (Fsp3) is 0.200. The molecule has 0 radical (unpaired) electrons. The molecule has 0 saturated heterocycles. The van der Waals surface area contributed by atoms with Crippen LogP contribution in [0.15, 0.2) is 42.5 Å². The number of nitro groups is 1. The molecule has 0 spiro atoms. The molecule has 0 aromatic heterocycles. The molecule has 0 aliphatic heterocycles. The Bertz CT molecular complexity index is 659. The monoisotopic (exact) mass is 290 g/mol. The van der Waals surface area contributed by atoms with E-state index in [0.717, 1.165) is 0 Å². The SMILES string of the molecule is C[C@@H](N)c1cc(F)ccc1OCc1cccc([N+](=O)[O-])c1. The Morgan fingerprint density at radius 2 is 2.10 bits per heavy atom. The second-order valence-electron chi connectivity index (χ2n) is 4.69. The number of rotatable bonds is 5. The molecule has 2 aromatic rings. The van der Waals surface area contributed by atoms with Crippen molar-refractivity contribution < 1.29 is 14.1 Å². The minimum absolute atomic E-state index is 0.00243. The largest absolute Gasteiger partial charge is 0.489 e. The molecular formula is C15H15FN2O3. The zero-order valence-electron chi connectivity index (χ0n) is 11.5. The van der Waals surface area contributed by atoms with Gasteiger partial charge in [-0.05, 0) is 30.7 Å². The molecule has 1 atom stereocenters. The maximum atomic E-state index is 13.2. The van der Waals surface area contributed by atoms with Gasteiger partial charge in [-0.15, -0.1) is 0 Å². The molecule has 0 aliphatic rings. The minimum atomic E-state index is -0.464. The van der Waals surface area contributed by atoms with E-state index in [-0.39, 0.29) is 24.2 Å². The van der Waals surface area contributed by atoms with Gasteiger partial charge in [0.2, 0.25) is 0 Å². The second-order valence-corrected chi connectivity index (χ2v) is 4.69. The second kappa shape index (κ2) is 6.32. The van der Waals surface area contributed by atoms with E-state index in [4.69, 9.17) is 10.5 Å². The summed E-state index contributed by atoms with van der Waals surface area (Å²) in [5, 5.41) is 10.7. The van der Waals surface area contributed by atoms with Crippen LogP contribution in [0.1, 0.15) is 24.1 Å². The zero-order chi connectivity index (χ0) is 15.4. The van der Waals surface area contributed by atoms with E-state index < -0.39 is 4.92 Å². The van der Waals surface area contributed by atoms with Crippen molar-refractivity contribution >= 4 is 5.69 Å². The van der Waals surface area contributed by atoms with Crippen LogP contribution in [-0.4, -0.2) is 4.92 Å². The van der Waals surface area contributed by atoms with Crippen molar-refractivity contribution in [3.63, 3.8) is 0 Å². The minimum Gasteiger partial charge on any atom is -0.489 e. The van der Waals surface area contributed by atoms with Crippen LogP contribution in [0.25, 0.3) is 0 Å². The van der Waals surface area contributed by atoms with Gasteiger partial charge in [0.1, 0.15) is 18.2 Å². The van der Waals surface area contributed by atoms with Gasteiger partial charge in [-0.2, -0.15) is 0 Å². The Labute approximate surface area is 121 Å². The van der Waals surface area contributed by atoms with Gasteiger partial charge in [0.25, 0.3) is 5.69 Å². The average molecular weight is 290 g/mol. The lowest BCUT2D eigenvalue weighted by molar-refractivity contribution is -0.384. The highest BCUT2D eigenvalue weighted by Gasteiger charge is 2.11. The summed E-state index contributed by atoms with van der Waals surface area (Å²) in [7, 11) is 0. The topological polar surface area (TPSA) is 78.4 Å². The van der Waals surface area contributed by atoms with Crippen molar-refractivity contribution in [2.45, 2.75) is 19.6 Å². The normalized spacial score (nSPS) is 12.0. The zero-order valence-corrected chi connectivity index (χ0v) is 11.5. The van der Waals surface area contributed by atoms with E-state index >= 15 is 0 Å². The molecule has 6 heteroatoms. The van der Waals surface area contributed by atoms with Gasteiger partial charge in [0.05, 0.1) is 4.92 Å². The Morgan fingerprint density at radius 1 is 1.33 bits per heavy atom. The van der Waals surface area contributed by atoms with Crippen molar-refractivity contribution in [3.05, 3.63) is 69.5 Å². The average Bonchev–Trinajstić information content (AvgIpc) is 2.46. The van der Waals surface area contributed by atoms with Gasteiger partial charge in [-0.3, -0.25) is 10.1 Å². The van der Waals surface area contributed by atoms with E-state index in [9.17, 15) is 14.5 Å². The smallest absolute Gasteiger partial charge is 0.269 e. The lowest BCUT2D eigenvalue weighted by Gasteiger charge is -2.14. The number of non-ortho nitro benzene ring substituents is 1. The van der Waals surface area contributed by atoms with Gasteiger partial charge >= 0.3 is 0 Å². The Morgan fingerprint density at radius 3 is 2.76 bits per heavy atom. The molecule has 0 amide bonds. The highest BCUT2D eigenvalue weighted by atomic mass is 19.1. The summed E-state index contributed by atoms with van der Waals surface area (Å²) in [4.78, 5) is 10.3. The van der Waals surface area contributed by atoms with Gasteiger partial charge in [-0.25, -0.2) is 4.39 Å². The van der Waals surface area contributed by atoms with Crippen molar-refractivity contribution in [2.75, 3.05) is 0 Å². The highest BCUT2D eigenvalue weighted by Crippen LogP contribution is 2.26. The summed E-state index contributed by atoms with van der Waals surface area (Å²) >= 11 is 0. The first-order valence-corrected chi connectivity index (χ1v) is 6.38. The molecule has 2 aromatic carbocycles. The first-order chi connectivity index (χ1) is 9.97. The summed E-state index contributed by atoms with van der Waals surface area (Å²) < 4.78 is 18.8. The van der Waals surface area contributed by atoms with Gasteiger partial charge in [0, 0.05) is 23.7 Å². The molecule has 5 nitrogen and oxygen atoms in total. The molecule has 0 fully saturated rings. The molecule has 0 saturated carbocycles. The predicted octanol–water partition coefficient (Wildman–Crippen LogP) is 3.33. The number of nitrogens with two attached hydrogens (primary N) is 1. The number of benzene rings is 2. The molecular weight excluding hydrogens is 275 g/mol. The van der Waals surface area contributed by atoms with Crippen LogP contribution in [0.2, 0.25) is 0 Å². The number of hydrogen-bond donors (Lipinski definition) is 1. The molecule has 21 heavy (non-hydrogen) atoms. The maximum absolute atomic E-state index is 13.2. The highest BCUT2D eigenvalue weighted by molar-refractivity contribution is 5.37. The van der Waals surface area contributed by atoms with Crippen molar-refractivity contribution in [1.82, 2.24) is 0 Å². The van der Waals surface area contributed by atoms with Crippen LogP contribution >= 0.6 is 0 Å². The predicted molar refractivity (Wildman–Crippen MR) is 76.4 cm³/mol. The number of hydrogen-bond acceptors (Lipinski definition) is 4. The Balaban J connectivity index is 2.16. The van der Waals surface area contributed by atoms with E-state index in [1.165, 1.54) is 30.3 Å². The van der Waals surface area contributed by atoms with Crippen LogP contribution < -0.4 is 10.5 Å². The first kappa shape index (κ1) is 14.9. The van der Waals surface area contributed by atoms with Crippen LogP contribution in [0.4, 0.5) is 10.1 Å². The fourth-order valence-corrected chi connectivity index (χ4v) is 1.93. The lowest BCUT2D eigenvalue weighted by Crippen LogP contribution is -2.08. The maximum Gasteiger partial charge on any atom is 0.269 e. The van der Waals surface area contributed by atoms with Crippen LogP contribution in [0.5, 0.6) is 5.75 Å². The third kappa shape index (κ3) is 3.76. The van der Waals surface area contributed by atoms with Gasteiger partial charge in [-0.1, -0.05) is 12.1 Å². The van der Waals surface area contributed by atoms with E-state index in [0.29, 0.717) is 16.9 Å². The van der Waals surface area contributed by atoms with E-state index in [2.05, 4.69) is 0 Å². The van der Waals surface area contributed by atoms with Crippen molar-refractivity contribution in [3.8, 4) is 5.75 Å². The van der Waals surface area contributed by atoms with E-state index in [1.54, 1.807) is 19.1 Å². The molecule has 2 rings (SSSR count). The third-order valence-electron chi connectivity index (χ3n) is 2.98. The quantitative estimate of drug-likeness (QED) is 0.676. The van der Waals surface area contributed by atoms with Crippen molar-refractivity contribution in [2.24, 2.45) is 5.73 Å². The van der Waals surface area contributed by atoms with Crippen molar-refractivity contribution in [1.29, 1.82) is 0 Å². The van der Waals surface area contributed by atoms with Crippen LogP contribution in [0.3, 0.4) is 0 Å². The molecule has 0 unspecified atom stereocenters. The molecule has 0 aliphatic carbocycles. The van der Waals surface area contributed by atoms with Crippen LogP contribution in [0, 0.1) is 15.9 Å². The standard InChI is InChI=1S/C15H15FN2O3/c1-10(17)14-8-12(16)5-6-15(14)21-9-11-3-2-4-13(7-11)18(19)20/h2-8,10H,9,17H2,1H3/t10-/m1/s1.